The molecule has 6 heteroatoms. The summed E-state index contributed by atoms with van der Waals surface area (Å²) in [6.07, 6.45) is 2.14. The Balaban J connectivity index is 2.41. The maximum Gasteiger partial charge on any atom is 0.319 e. The van der Waals surface area contributed by atoms with Crippen molar-refractivity contribution in [3.8, 4) is 11.9 Å². The van der Waals surface area contributed by atoms with Gasteiger partial charge in [-0.1, -0.05) is 11.6 Å². The van der Waals surface area contributed by atoms with E-state index in [1.54, 1.807) is 0 Å². The third kappa shape index (κ3) is 2.05. The van der Waals surface area contributed by atoms with Crippen LogP contribution in [0.1, 0.15) is 24.6 Å². The number of methoxy groups -OCH3 is 2. The molecular weight excluding hydrogens is 230 g/mol. The first kappa shape index (κ1) is 11.4. The molecule has 0 saturated carbocycles. The number of nitrogens with zero attached hydrogens (tertiary/aromatic N) is 2. The van der Waals surface area contributed by atoms with E-state index in [-0.39, 0.29) is 12.1 Å². The minimum absolute atomic E-state index is 0.165. The van der Waals surface area contributed by atoms with E-state index in [0.717, 1.165) is 25.1 Å². The molecule has 16 heavy (non-hydrogen) atoms. The highest BCUT2D eigenvalue weighted by atomic mass is 35.5. The minimum atomic E-state index is 0.165. The first-order valence-electron chi connectivity index (χ1n) is 5.15. The largest absolute Gasteiger partial charge is 0.480 e. The van der Waals surface area contributed by atoms with Gasteiger partial charge in [0.1, 0.15) is 5.02 Å². The van der Waals surface area contributed by atoms with Crippen LogP contribution < -0.4 is 14.8 Å². The molecule has 0 radical (unpaired) electrons. The number of hydrogen-bond acceptors (Lipinski definition) is 5. The standard InChI is InChI=1S/C10H14ClN3O2/c1-15-9-7(11)8(6-4-3-5-12-6)13-10(14-9)16-2/h6,12H,3-5H2,1-2H3/t6-/m0/s1. The van der Waals surface area contributed by atoms with Gasteiger partial charge >= 0.3 is 6.01 Å². The van der Waals surface area contributed by atoms with Gasteiger partial charge in [-0.25, -0.2) is 0 Å². The van der Waals surface area contributed by atoms with Crippen molar-refractivity contribution in [3.63, 3.8) is 0 Å². The van der Waals surface area contributed by atoms with E-state index in [1.165, 1.54) is 14.2 Å². The smallest absolute Gasteiger partial charge is 0.319 e. The Morgan fingerprint density at radius 3 is 2.69 bits per heavy atom. The highest BCUT2D eigenvalue weighted by Crippen LogP contribution is 2.34. The fraction of sp³-hybridized carbons (Fsp3) is 0.600. The molecule has 2 heterocycles. The number of hydrogen-bond donors (Lipinski definition) is 1. The molecule has 1 N–H and O–H groups in total. The van der Waals surface area contributed by atoms with Crippen molar-refractivity contribution in [1.29, 1.82) is 0 Å². The molecule has 1 saturated heterocycles. The number of ether oxygens (including phenoxy) is 2. The summed E-state index contributed by atoms with van der Waals surface area (Å²) in [5.74, 6) is 0.359. The molecule has 2 rings (SSSR count). The van der Waals surface area contributed by atoms with Crippen molar-refractivity contribution >= 4 is 11.6 Å². The molecule has 1 atom stereocenters. The predicted molar refractivity (Wildman–Crippen MR) is 60.1 cm³/mol. The topological polar surface area (TPSA) is 56.3 Å². The summed E-state index contributed by atoms with van der Waals surface area (Å²) < 4.78 is 10.1. The number of aromatic nitrogens is 2. The summed E-state index contributed by atoms with van der Waals surface area (Å²) in [5, 5.41) is 3.79. The molecule has 5 nitrogen and oxygen atoms in total. The second-order valence-corrected chi connectivity index (χ2v) is 3.95. The summed E-state index contributed by atoms with van der Waals surface area (Å²) in [4.78, 5) is 8.30. The Hall–Kier alpha value is -1.07. The lowest BCUT2D eigenvalue weighted by atomic mass is 10.1. The van der Waals surface area contributed by atoms with Crippen LogP contribution in [0.25, 0.3) is 0 Å². The van der Waals surface area contributed by atoms with E-state index in [0.29, 0.717) is 10.9 Å². The van der Waals surface area contributed by atoms with Gasteiger partial charge in [-0.15, -0.1) is 0 Å². The van der Waals surface area contributed by atoms with E-state index in [2.05, 4.69) is 15.3 Å². The van der Waals surface area contributed by atoms with Gasteiger partial charge in [-0.2, -0.15) is 9.97 Å². The Kier molecular flexibility index (Phi) is 3.46. The van der Waals surface area contributed by atoms with Gasteiger partial charge in [-0.05, 0) is 19.4 Å². The molecule has 0 unspecified atom stereocenters. The molecule has 0 aliphatic carbocycles. The zero-order valence-corrected chi connectivity index (χ0v) is 10.0. The zero-order chi connectivity index (χ0) is 11.5. The molecule has 88 valence electrons. The van der Waals surface area contributed by atoms with Crippen molar-refractivity contribution in [2.24, 2.45) is 0 Å². The van der Waals surface area contributed by atoms with Crippen LogP contribution in [0.3, 0.4) is 0 Å². The summed E-state index contributed by atoms with van der Waals surface area (Å²) in [7, 11) is 3.05. The van der Waals surface area contributed by atoms with Crippen LogP contribution in [-0.4, -0.2) is 30.7 Å². The average molecular weight is 244 g/mol. The number of halogens is 1. The second-order valence-electron chi connectivity index (χ2n) is 3.57. The molecule has 0 bridgehead atoms. The Labute approximate surface area is 99.1 Å². The summed E-state index contributed by atoms with van der Waals surface area (Å²) in [5.41, 5.74) is 0.753. The van der Waals surface area contributed by atoms with Gasteiger partial charge in [0.2, 0.25) is 5.88 Å². The van der Waals surface area contributed by atoms with Gasteiger partial charge in [-0.3, -0.25) is 0 Å². The van der Waals surface area contributed by atoms with E-state index in [9.17, 15) is 0 Å². The lowest BCUT2D eigenvalue weighted by Gasteiger charge is -2.14. The van der Waals surface area contributed by atoms with Crippen molar-refractivity contribution < 1.29 is 9.47 Å². The lowest BCUT2D eigenvalue weighted by molar-refractivity contribution is 0.348. The molecule has 1 fully saturated rings. The first-order valence-corrected chi connectivity index (χ1v) is 5.53. The van der Waals surface area contributed by atoms with Crippen LogP contribution in [0.4, 0.5) is 0 Å². The number of nitrogens with one attached hydrogen (secondary N) is 1. The van der Waals surface area contributed by atoms with Crippen molar-refractivity contribution in [2.75, 3.05) is 20.8 Å². The molecule has 0 spiro atoms. The fourth-order valence-corrected chi connectivity index (χ4v) is 2.09. The average Bonchev–Trinajstić information content (AvgIpc) is 2.83. The van der Waals surface area contributed by atoms with Gasteiger partial charge < -0.3 is 14.8 Å². The molecule has 1 aliphatic rings. The van der Waals surface area contributed by atoms with Gasteiger partial charge in [0.15, 0.2) is 0 Å². The molecule has 1 aromatic rings. The van der Waals surface area contributed by atoms with Crippen LogP contribution in [0.2, 0.25) is 5.02 Å². The van der Waals surface area contributed by atoms with Crippen molar-refractivity contribution in [3.05, 3.63) is 10.7 Å². The van der Waals surface area contributed by atoms with Crippen molar-refractivity contribution in [1.82, 2.24) is 15.3 Å². The summed E-state index contributed by atoms with van der Waals surface area (Å²) in [6, 6.07) is 0.447. The van der Waals surface area contributed by atoms with Gasteiger partial charge in [0.25, 0.3) is 0 Å². The maximum absolute atomic E-state index is 6.17. The SMILES string of the molecule is COc1nc(OC)c(Cl)c([C@@H]2CCCN2)n1. The van der Waals surface area contributed by atoms with Gasteiger partial charge in [0, 0.05) is 0 Å². The maximum atomic E-state index is 6.17. The fourth-order valence-electron chi connectivity index (χ4n) is 1.80. The first-order chi connectivity index (χ1) is 7.76. The van der Waals surface area contributed by atoms with Crippen LogP contribution in [0.15, 0.2) is 0 Å². The third-order valence-corrected chi connectivity index (χ3v) is 2.95. The Morgan fingerprint density at radius 2 is 2.12 bits per heavy atom. The van der Waals surface area contributed by atoms with Crippen molar-refractivity contribution in [2.45, 2.75) is 18.9 Å². The van der Waals surface area contributed by atoms with Crippen LogP contribution in [0.5, 0.6) is 11.9 Å². The summed E-state index contributed by atoms with van der Waals surface area (Å²) in [6.45, 7) is 0.982. The van der Waals surface area contributed by atoms with Crippen LogP contribution >= 0.6 is 11.6 Å². The molecular formula is C10H14ClN3O2. The normalized spacial score (nSPS) is 19.8. The van der Waals surface area contributed by atoms with Crippen LogP contribution in [0, 0.1) is 0 Å². The predicted octanol–water partition coefficient (Wildman–Crippen LogP) is 1.57. The van der Waals surface area contributed by atoms with E-state index >= 15 is 0 Å². The zero-order valence-electron chi connectivity index (χ0n) is 9.29. The lowest BCUT2D eigenvalue weighted by Crippen LogP contribution is -2.16. The second kappa shape index (κ2) is 4.84. The molecule has 1 aliphatic heterocycles. The molecule has 0 aromatic carbocycles. The third-order valence-electron chi connectivity index (χ3n) is 2.59. The number of rotatable bonds is 3. The van der Waals surface area contributed by atoms with E-state index in [4.69, 9.17) is 21.1 Å². The minimum Gasteiger partial charge on any atom is -0.480 e. The highest BCUT2D eigenvalue weighted by Gasteiger charge is 2.24. The monoisotopic (exact) mass is 243 g/mol. The molecule has 0 amide bonds. The highest BCUT2D eigenvalue weighted by molar-refractivity contribution is 6.32. The van der Waals surface area contributed by atoms with E-state index < -0.39 is 0 Å². The van der Waals surface area contributed by atoms with Crippen LogP contribution in [-0.2, 0) is 0 Å². The molecule has 1 aromatic heterocycles. The Morgan fingerprint density at radius 1 is 1.31 bits per heavy atom. The quantitative estimate of drug-likeness (QED) is 0.874. The van der Waals surface area contributed by atoms with E-state index in [1.807, 2.05) is 0 Å². The Bertz CT molecular complexity index is 381. The summed E-state index contributed by atoms with van der Waals surface area (Å²) >= 11 is 6.17. The van der Waals surface area contributed by atoms with Gasteiger partial charge in [0.05, 0.1) is 26.0 Å².